The minimum atomic E-state index is -4.95. The summed E-state index contributed by atoms with van der Waals surface area (Å²) in [5, 5.41) is 1.73. The average molecular weight is 287 g/mol. The molecular weight excluding hydrogens is 279 g/mol. The second kappa shape index (κ2) is 4.88. The van der Waals surface area contributed by atoms with Gasteiger partial charge in [0.2, 0.25) is 0 Å². The minimum absolute atomic E-state index is 0.182. The maximum absolute atomic E-state index is 12.1. The van der Waals surface area contributed by atoms with Gasteiger partial charge in [-0.1, -0.05) is 41.7 Å². The Bertz CT molecular complexity index is 595. The van der Waals surface area contributed by atoms with E-state index in [1.807, 2.05) is 0 Å². The summed E-state index contributed by atoms with van der Waals surface area (Å²) in [5.41, 5.74) is 6.70. The Kier molecular flexibility index (Phi) is 3.43. The molecule has 0 saturated carbocycles. The molecule has 19 heavy (non-hydrogen) atoms. The first-order valence-corrected chi connectivity index (χ1v) is 5.89. The number of anilines is 2. The molecule has 0 aliphatic rings. The van der Waals surface area contributed by atoms with Crippen LogP contribution < -0.4 is 11.1 Å². The van der Waals surface area contributed by atoms with Gasteiger partial charge in [0.15, 0.2) is 5.13 Å². The summed E-state index contributed by atoms with van der Waals surface area (Å²) in [6.45, 7) is 0. The van der Waals surface area contributed by atoms with Crippen molar-refractivity contribution in [2.24, 2.45) is 0 Å². The fourth-order valence-electron chi connectivity index (χ4n) is 1.36. The predicted octanol–water partition coefficient (Wildman–Crippen LogP) is 2.89. The zero-order valence-electron chi connectivity index (χ0n) is 9.36. The van der Waals surface area contributed by atoms with Gasteiger partial charge in [-0.05, 0) is 0 Å². The summed E-state index contributed by atoms with van der Waals surface area (Å²) in [4.78, 5) is 14.7. The molecule has 8 heteroatoms. The van der Waals surface area contributed by atoms with E-state index in [4.69, 9.17) is 5.73 Å². The van der Waals surface area contributed by atoms with Gasteiger partial charge in [0.05, 0.1) is 0 Å². The first-order valence-electron chi connectivity index (χ1n) is 5.08. The highest BCUT2D eigenvalue weighted by Gasteiger charge is 2.39. The molecule has 0 unspecified atom stereocenters. The Labute approximate surface area is 110 Å². The first-order chi connectivity index (χ1) is 8.88. The third-order valence-electron chi connectivity index (χ3n) is 2.18. The van der Waals surface area contributed by atoms with Crippen LogP contribution in [0.3, 0.4) is 0 Å². The Morgan fingerprint density at radius 2 is 1.89 bits per heavy atom. The molecule has 2 rings (SSSR count). The smallest absolute Gasteiger partial charge is 0.389 e. The summed E-state index contributed by atoms with van der Waals surface area (Å²) in [6.07, 6.45) is -4.95. The number of amides is 1. The number of thiazole rings is 1. The normalized spacial score (nSPS) is 11.3. The highest BCUT2D eigenvalue weighted by Crippen LogP contribution is 2.33. The molecule has 0 atom stereocenters. The second-order valence-electron chi connectivity index (χ2n) is 3.55. The van der Waals surface area contributed by atoms with E-state index in [1.54, 1.807) is 35.6 Å². The minimum Gasteiger partial charge on any atom is -0.389 e. The lowest BCUT2D eigenvalue weighted by atomic mass is 10.2. The molecule has 1 aromatic carbocycles. The molecule has 4 nitrogen and oxygen atoms in total. The van der Waals surface area contributed by atoms with Crippen molar-refractivity contribution in [2.45, 2.75) is 6.18 Å². The lowest BCUT2D eigenvalue weighted by molar-refractivity contribution is -0.167. The third-order valence-corrected chi connectivity index (χ3v) is 2.98. The summed E-state index contributed by atoms with van der Waals surface area (Å²) >= 11 is 0.788. The van der Waals surface area contributed by atoms with Gasteiger partial charge >= 0.3 is 12.1 Å². The van der Waals surface area contributed by atoms with E-state index < -0.39 is 12.1 Å². The average Bonchev–Trinajstić information content (AvgIpc) is 2.70. The van der Waals surface area contributed by atoms with E-state index in [0.29, 0.717) is 11.3 Å². The van der Waals surface area contributed by atoms with E-state index in [1.165, 1.54) is 0 Å². The Hall–Kier alpha value is -2.09. The van der Waals surface area contributed by atoms with Crippen LogP contribution in [0.1, 0.15) is 0 Å². The lowest BCUT2D eigenvalue weighted by Gasteiger charge is -2.04. The number of nitrogens with one attached hydrogen (secondary N) is 1. The maximum Gasteiger partial charge on any atom is 0.471 e. The molecule has 0 aliphatic carbocycles. The standard InChI is InChI=1S/C11H8F3N3OS/c12-11(13,14)9(18)17-10-16-7(8(15)19-10)6-4-2-1-3-5-6/h1-5H,15H2,(H,16,17,18). The van der Waals surface area contributed by atoms with E-state index in [0.717, 1.165) is 11.3 Å². The number of halogens is 3. The monoisotopic (exact) mass is 287 g/mol. The van der Waals surface area contributed by atoms with E-state index in [-0.39, 0.29) is 10.1 Å². The summed E-state index contributed by atoms with van der Waals surface area (Å²) < 4.78 is 36.3. The largest absolute Gasteiger partial charge is 0.471 e. The number of carbonyl (C=O) groups is 1. The van der Waals surface area contributed by atoms with Crippen LogP contribution >= 0.6 is 11.3 Å². The SMILES string of the molecule is Nc1sc(NC(=O)C(F)(F)F)nc1-c1ccccc1. The van der Waals surface area contributed by atoms with Crippen molar-refractivity contribution in [3.63, 3.8) is 0 Å². The quantitative estimate of drug-likeness (QED) is 0.892. The molecule has 100 valence electrons. The molecule has 1 amide bonds. The fourth-order valence-corrected chi connectivity index (χ4v) is 2.11. The molecule has 0 aliphatic heterocycles. The number of nitrogens with zero attached hydrogens (tertiary/aromatic N) is 1. The van der Waals surface area contributed by atoms with Crippen molar-refractivity contribution in [1.29, 1.82) is 0 Å². The van der Waals surface area contributed by atoms with Gasteiger partial charge in [0.1, 0.15) is 10.7 Å². The summed E-state index contributed by atoms with van der Waals surface area (Å²) in [7, 11) is 0. The Balaban J connectivity index is 2.25. The van der Waals surface area contributed by atoms with Gasteiger partial charge in [-0.25, -0.2) is 4.98 Å². The van der Waals surface area contributed by atoms with E-state index in [9.17, 15) is 18.0 Å². The molecule has 0 radical (unpaired) electrons. The Morgan fingerprint density at radius 3 is 2.47 bits per heavy atom. The van der Waals surface area contributed by atoms with Crippen molar-refractivity contribution in [3.05, 3.63) is 30.3 Å². The van der Waals surface area contributed by atoms with Gasteiger partial charge in [0, 0.05) is 5.56 Å². The fraction of sp³-hybridized carbons (Fsp3) is 0.0909. The molecule has 0 saturated heterocycles. The van der Waals surface area contributed by atoms with E-state index in [2.05, 4.69) is 4.98 Å². The number of carbonyl (C=O) groups excluding carboxylic acids is 1. The number of nitrogen functional groups attached to an aromatic ring is 1. The van der Waals surface area contributed by atoms with Crippen LogP contribution in [-0.2, 0) is 4.79 Å². The van der Waals surface area contributed by atoms with E-state index >= 15 is 0 Å². The summed E-state index contributed by atoms with van der Waals surface area (Å²) in [6, 6.07) is 8.74. The zero-order valence-corrected chi connectivity index (χ0v) is 10.2. The van der Waals surface area contributed by atoms with Crippen LogP contribution in [0.2, 0.25) is 0 Å². The number of nitrogens with two attached hydrogens (primary N) is 1. The summed E-state index contributed by atoms with van der Waals surface area (Å²) in [5.74, 6) is -2.07. The van der Waals surface area contributed by atoms with Crippen LogP contribution in [0.4, 0.5) is 23.3 Å². The van der Waals surface area contributed by atoms with Crippen molar-refractivity contribution in [1.82, 2.24) is 4.98 Å². The predicted molar refractivity (Wildman–Crippen MR) is 66.6 cm³/mol. The number of hydrogen-bond acceptors (Lipinski definition) is 4. The van der Waals surface area contributed by atoms with Crippen molar-refractivity contribution in [3.8, 4) is 11.3 Å². The van der Waals surface area contributed by atoms with Gasteiger partial charge in [-0.15, -0.1) is 0 Å². The topological polar surface area (TPSA) is 68.0 Å². The zero-order chi connectivity index (χ0) is 14.0. The van der Waals surface area contributed by atoms with Crippen LogP contribution in [0.15, 0.2) is 30.3 Å². The maximum atomic E-state index is 12.1. The first kappa shape index (κ1) is 13.3. The number of aromatic nitrogens is 1. The van der Waals surface area contributed by atoms with Gasteiger partial charge in [-0.3, -0.25) is 10.1 Å². The van der Waals surface area contributed by atoms with Crippen molar-refractivity contribution in [2.75, 3.05) is 11.1 Å². The molecule has 0 spiro atoms. The highest BCUT2D eigenvalue weighted by molar-refractivity contribution is 7.20. The van der Waals surface area contributed by atoms with Gasteiger partial charge < -0.3 is 5.73 Å². The molecule has 2 aromatic rings. The molecule has 0 fully saturated rings. The lowest BCUT2D eigenvalue weighted by Crippen LogP contribution is -2.29. The number of alkyl halides is 3. The Morgan fingerprint density at radius 1 is 1.26 bits per heavy atom. The number of benzene rings is 1. The van der Waals surface area contributed by atoms with Gasteiger partial charge in [0.25, 0.3) is 0 Å². The number of hydrogen-bond donors (Lipinski definition) is 2. The van der Waals surface area contributed by atoms with Crippen molar-refractivity contribution < 1.29 is 18.0 Å². The van der Waals surface area contributed by atoms with Crippen LogP contribution in [-0.4, -0.2) is 17.1 Å². The molecule has 3 N–H and O–H groups in total. The van der Waals surface area contributed by atoms with Crippen LogP contribution in [0.25, 0.3) is 11.3 Å². The molecule has 0 bridgehead atoms. The van der Waals surface area contributed by atoms with Gasteiger partial charge in [-0.2, -0.15) is 13.2 Å². The second-order valence-corrected chi connectivity index (χ2v) is 4.58. The third kappa shape index (κ3) is 3.02. The van der Waals surface area contributed by atoms with Crippen molar-refractivity contribution >= 4 is 27.4 Å². The molecule has 1 heterocycles. The number of rotatable bonds is 2. The molecule has 1 aromatic heterocycles. The highest BCUT2D eigenvalue weighted by atomic mass is 32.1. The molecular formula is C11H8F3N3OS. The van der Waals surface area contributed by atoms with Crippen LogP contribution in [0, 0.1) is 0 Å². The van der Waals surface area contributed by atoms with Crippen LogP contribution in [0.5, 0.6) is 0 Å².